The van der Waals surface area contributed by atoms with Gasteiger partial charge in [-0.05, 0) is 81.3 Å². The summed E-state index contributed by atoms with van der Waals surface area (Å²) in [5.74, 6) is 0. The minimum Gasteiger partial charge on any atom is -0.388 e. The summed E-state index contributed by atoms with van der Waals surface area (Å²) in [6, 6.07) is 50.6. The summed E-state index contributed by atoms with van der Waals surface area (Å²) in [6.07, 6.45) is 6.62. The Kier molecular flexibility index (Phi) is 10.6. The van der Waals surface area contributed by atoms with Crippen LogP contribution in [0.4, 0.5) is 0 Å². The zero-order chi connectivity index (χ0) is 38.6. The van der Waals surface area contributed by atoms with Crippen LogP contribution in [0.2, 0.25) is 0 Å². The second-order valence-electron chi connectivity index (χ2n) is 16.7. The van der Waals surface area contributed by atoms with Crippen LogP contribution < -0.4 is 0 Å². The van der Waals surface area contributed by atoms with Crippen LogP contribution in [0.15, 0.2) is 164 Å². The highest BCUT2D eigenvalue weighted by Crippen LogP contribution is 2.40. The average molecular weight is 722 g/mol. The van der Waals surface area contributed by atoms with Crippen LogP contribution in [0.25, 0.3) is 33.8 Å². The summed E-state index contributed by atoms with van der Waals surface area (Å²) in [5, 5.41) is 12.3. The fourth-order valence-corrected chi connectivity index (χ4v) is 7.71. The Morgan fingerprint density at radius 2 is 0.909 bits per heavy atom. The number of pyridine rings is 3. The molecule has 0 amide bonds. The molecule has 0 saturated carbocycles. The summed E-state index contributed by atoms with van der Waals surface area (Å²) >= 11 is 0. The minimum atomic E-state index is -0.758. The molecule has 276 valence electrons. The molecule has 4 nitrogen and oxygen atoms in total. The van der Waals surface area contributed by atoms with Crippen molar-refractivity contribution >= 4 is 0 Å². The van der Waals surface area contributed by atoms with Gasteiger partial charge in [-0.25, -0.2) is 0 Å². The van der Waals surface area contributed by atoms with Crippen molar-refractivity contribution in [2.24, 2.45) is 0 Å². The fraction of sp³-hybridized carbons (Fsp3) is 0.235. The van der Waals surface area contributed by atoms with E-state index in [1.165, 1.54) is 22.3 Å². The Labute approximate surface area is 327 Å². The molecule has 7 aromatic rings. The van der Waals surface area contributed by atoms with E-state index in [2.05, 4.69) is 138 Å². The van der Waals surface area contributed by atoms with Gasteiger partial charge in [-0.15, -0.1) is 0 Å². The van der Waals surface area contributed by atoms with Gasteiger partial charge in [-0.1, -0.05) is 163 Å². The van der Waals surface area contributed by atoms with E-state index >= 15 is 0 Å². The summed E-state index contributed by atoms with van der Waals surface area (Å²) in [4.78, 5) is 14.2. The number of benzene rings is 4. The van der Waals surface area contributed by atoms with E-state index in [1.54, 1.807) is 0 Å². The molecule has 0 saturated heterocycles. The molecule has 1 N–H and O–H groups in total. The highest BCUT2D eigenvalue weighted by atomic mass is 16.3. The molecular formula is C51H51N3O. The first-order valence-electron chi connectivity index (χ1n) is 19.3. The lowest BCUT2D eigenvalue weighted by Crippen LogP contribution is -2.28. The summed E-state index contributed by atoms with van der Waals surface area (Å²) in [6.45, 7) is 13.4. The largest absolute Gasteiger partial charge is 0.388 e. The van der Waals surface area contributed by atoms with Gasteiger partial charge in [-0.2, -0.15) is 0 Å². The standard InChI is InChI=1S/C51H51N3O/c1-49(2,42-22-20-40(21-23-42)45-19-13-14-28-52-45)32-36-29-37(33-50(3,4)43-24-26-46(53-34-43)38-15-9-7-10-16-38)31-41(30-36)48(55)51(5,6)44-25-27-47(54-35-44)39-17-11-8-12-18-39/h7-31,34-35,48,55H,32-33H2,1-6H3. The Morgan fingerprint density at radius 1 is 0.455 bits per heavy atom. The fourth-order valence-electron chi connectivity index (χ4n) is 7.71. The molecular weight excluding hydrogens is 671 g/mol. The predicted molar refractivity (Wildman–Crippen MR) is 227 cm³/mol. The first-order chi connectivity index (χ1) is 26.4. The van der Waals surface area contributed by atoms with Gasteiger partial charge in [0, 0.05) is 40.7 Å². The molecule has 0 fully saturated rings. The maximum Gasteiger partial charge on any atom is 0.0882 e. The number of aliphatic hydroxyl groups is 1. The molecule has 4 heteroatoms. The molecule has 0 aliphatic heterocycles. The number of aromatic nitrogens is 3. The number of hydrogen-bond acceptors (Lipinski definition) is 4. The minimum absolute atomic E-state index is 0.164. The van der Waals surface area contributed by atoms with Crippen molar-refractivity contribution in [2.45, 2.75) is 76.7 Å². The van der Waals surface area contributed by atoms with E-state index < -0.39 is 11.5 Å². The van der Waals surface area contributed by atoms with Gasteiger partial charge < -0.3 is 5.11 Å². The van der Waals surface area contributed by atoms with E-state index in [1.807, 2.05) is 73.2 Å². The Balaban J connectivity index is 1.20. The van der Waals surface area contributed by atoms with E-state index in [4.69, 9.17) is 9.97 Å². The van der Waals surface area contributed by atoms with Gasteiger partial charge >= 0.3 is 0 Å². The van der Waals surface area contributed by atoms with Crippen LogP contribution in [0, 0.1) is 0 Å². The second-order valence-corrected chi connectivity index (χ2v) is 16.7. The van der Waals surface area contributed by atoms with Crippen LogP contribution >= 0.6 is 0 Å². The Hall–Kier alpha value is -5.71. The van der Waals surface area contributed by atoms with Crippen LogP contribution in [0.5, 0.6) is 0 Å². The van der Waals surface area contributed by atoms with Gasteiger partial charge in [0.05, 0.1) is 23.2 Å². The number of aliphatic hydroxyl groups excluding tert-OH is 1. The first-order valence-corrected chi connectivity index (χ1v) is 19.3. The van der Waals surface area contributed by atoms with Crippen molar-refractivity contribution in [1.29, 1.82) is 0 Å². The van der Waals surface area contributed by atoms with E-state index in [0.717, 1.165) is 57.7 Å². The molecule has 1 atom stereocenters. The monoisotopic (exact) mass is 721 g/mol. The van der Waals surface area contributed by atoms with Gasteiger partial charge in [0.2, 0.25) is 0 Å². The Bertz CT molecular complexity index is 2200. The Morgan fingerprint density at radius 3 is 1.40 bits per heavy atom. The maximum absolute atomic E-state index is 12.3. The lowest BCUT2D eigenvalue weighted by atomic mass is 9.74. The van der Waals surface area contributed by atoms with Crippen molar-refractivity contribution in [1.82, 2.24) is 15.0 Å². The molecule has 3 aromatic heterocycles. The van der Waals surface area contributed by atoms with Crippen molar-refractivity contribution in [3.8, 4) is 33.8 Å². The third-order valence-electron chi connectivity index (χ3n) is 11.2. The third-order valence-corrected chi connectivity index (χ3v) is 11.2. The second kappa shape index (κ2) is 15.6. The lowest BCUT2D eigenvalue weighted by molar-refractivity contribution is 0.0999. The molecule has 0 bridgehead atoms. The highest BCUT2D eigenvalue weighted by Gasteiger charge is 2.33. The topological polar surface area (TPSA) is 58.9 Å². The SMILES string of the molecule is CC(C)(Cc1cc(CC(C)(C)c2ccc(-c3ccccc3)nc2)cc(C(O)C(C)(C)c2ccc(-c3ccccc3)nc2)c1)c1ccc(-c2ccccn2)cc1. The van der Waals surface area contributed by atoms with E-state index in [9.17, 15) is 5.11 Å². The predicted octanol–water partition coefficient (Wildman–Crippen LogP) is 11.9. The number of nitrogens with zero attached hydrogens (tertiary/aromatic N) is 3. The number of hydrogen-bond donors (Lipinski definition) is 1. The zero-order valence-corrected chi connectivity index (χ0v) is 32.9. The van der Waals surface area contributed by atoms with Crippen molar-refractivity contribution in [3.05, 3.63) is 198 Å². The van der Waals surface area contributed by atoms with Gasteiger partial charge in [0.25, 0.3) is 0 Å². The summed E-state index contributed by atoms with van der Waals surface area (Å²) in [5.41, 5.74) is 11.9. The molecule has 4 aromatic carbocycles. The molecule has 3 heterocycles. The average Bonchev–Trinajstić information content (AvgIpc) is 3.21. The van der Waals surface area contributed by atoms with Gasteiger partial charge in [0.15, 0.2) is 0 Å². The van der Waals surface area contributed by atoms with Gasteiger partial charge in [0.1, 0.15) is 0 Å². The van der Waals surface area contributed by atoms with Crippen molar-refractivity contribution < 1.29 is 5.11 Å². The van der Waals surface area contributed by atoms with Crippen LogP contribution in [0.1, 0.15) is 81.0 Å². The smallest absolute Gasteiger partial charge is 0.0882 e. The van der Waals surface area contributed by atoms with E-state index in [0.29, 0.717) is 0 Å². The van der Waals surface area contributed by atoms with Crippen LogP contribution in [-0.2, 0) is 29.1 Å². The third kappa shape index (κ3) is 8.51. The molecule has 0 aliphatic carbocycles. The summed E-state index contributed by atoms with van der Waals surface area (Å²) in [7, 11) is 0. The maximum atomic E-state index is 12.3. The quantitative estimate of drug-likeness (QED) is 0.136. The van der Waals surface area contributed by atoms with Gasteiger partial charge in [-0.3, -0.25) is 15.0 Å². The molecule has 0 radical (unpaired) electrons. The number of rotatable bonds is 12. The molecule has 1 unspecified atom stereocenters. The van der Waals surface area contributed by atoms with Crippen LogP contribution in [0.3, 0.4) is 0 Å². The normalized spacial score (nSPS) is 12.7. The molecule has 7 rings (SSSR count). The highest BCUT2D eigenvalue weighted by molar-refractivity contribution is 5.61. The molecule has 0 spiro atoms. The van der Waals surface area contributed by atoms with E-state index in [-0.39, 0.29) is 10.8 Å². The molecule has 0 aliphatic rings. The summed E-state index contributed by atoms with van der Waals surface area (Å²) < 4.78 is 0. The van der Waals surface area contributed by atoms with Crippen molar-refractivity contribution in [2.75, 3.05) is 0 Å². The van der Waals surface area contributed by atoms with Crippen LogP contribution in [-0.4, -0.2) is 20.1 Å². The molecule has 55 heavy (non-hydrogen) atoms. The lowest BCUT2D eigenvalue weighted by Gasteiger charge is -2.33. The van der Waals surface area contributed by atoms with Crippen molar-refractivity contribution in [3.63, 3.8) is 0 Å². The first kappa shape index (κ1) is 37.6. The zero-order valence-electron chi connectivity index (χ0n) is 32.9.